The van der Waals surface area contributed by atoms with Crippen LogP contribution in [0.1, 0.15) is 72.1 Å². The minimum atomic E-state index is -3.48. The van der Waals surface area contributed by atoms with E-state index in [1.54, 1.807) is 30.7 Å². The van der Waals surface area contributed by atoms with Crippen LogP contribution in [0.15, 0.2) is 29.2 Å². The number of aryl methyl sites for hydroxylation is 2. The fourth-order valence-electron chi connectivity index (χ4n) is 4.93. The molecule has 196 valence electrons. The number of benzene rings is 1. The van der Waals surface area contributed by atoms with Gasteiger partial charge >= 0.3 is 5.97 Å². The number of aromatic nitrogens is 2. The molecule has 1 N–H and O–H groups in total. The third-order valence-corrected chi connectivity index (χ3v) is 9.34. The van der Waals surface area contributed by atoms with Crippen LogP contribution in [0.3, 0.4) is 0 Å². The predicted molar refractivity (Wildman–Crippen MR) is 134 cm³/mol. The number of carbonyl (C=O) groups is 2. The molecule has 9 nitrogen and oxygen atoms in total. The number of hydrogen-bond donors (Lipinski definition) is 1. The van der Waals surface area contributed by atoms with Gasteiger partial charge in [0, 0.05) is 31.9 Å². The van der Waals surface area contributed by atoms with Crippen LogP contribution in [0.4, 0.5) is 0 Å². The van der Waals surface area contributed by atoms with Gasteiger partial charge < -0.3 is 14.8 Å². The zero-order valence-corrected chi connectivity index (χ0v) is 22.0. The molecule has 1 fully saturated rings. The Bertz CT molecular complexity index is 1230. The average molecular weight is 518 g/mol. The molecule has 0 unspecified atom stereocenters. The summed E-state index contributed by atoms with van der Waals surface area (Å²) >= 11 is 0. The van der Waals surface area contributed by atoms with Crippen LogP contribution < -0.4 is 5.32 Å². The van der Waals surface area contributed by atoms with Gasteiger partial charge in [-0.1, -0.05) is 6.07 Å². The maximum Gasteiger partial charge on any atom is 0.338 e. The molecule has 0 saturated carbocycles. The molecule has 0 radical (unpaired) electrons. The molecule has 0 bridgehead atoms. The molecule has 36 heavy (non-hydrogen) atoms. The van der Waals surface area contributed by atoms with Gasteiger partial charge in [-0.25, -0.2) is 13.2 Å². The van der Waals surface area contributed by atoms with Crippen molar-refractivity contribution in [2.75, 3.05) is 26.4 Å². The van der Waals surface area contributed by atoms with Gasteiger partial charge in [-0.05, 0) is 76.5 Å². The van der Waals surface area contributed by atoms with Gasteiger partial charge in [-0.2, -0.15) is 5.10 Å². The molecular formula is C26H35N3O6S. The van der Waals surface area contributed by atoms with Gasteiger partial charge in [-0.15, -0.1) is 0 Å². The van der Waals surface area contributed by atoms with Gasteiger partial charge in [-0.3, -0.25) is 9.48 Å². The molecule has 1 saturated heterocycles. The van der Waals surface area contributed by atoms with E-state index < -0.39 is 21.1 Å². The molecule has 1 aromatic heterocycles. The van der Waals surface area contributed by atoms with Gasteiger partial charge in [0.2, 0.25) is 0 Å². The smallest absolute Gasteiger partial charge is 0.338 e. The summed E-state index contributed by atoms with van der Waals surface area (Å²) < 4.78 is 37.6. The number of rotatable bonds is 8. The Labute approximate surface area is 212 Å². The van der Waals surface area contributed by atoms with Crippen LogP contribution in [0.25, 0.3) is 0 Å². The Kier molecular flexibility index (Phi) is 7.85. The predicted octanol–water partition coefficient (Wildman–Crippen LogP) is 2.96. The Balaban J connectivity index is 1.43. The van der Waals surface area contributed by atoms with Gasteiger partial charge in [0.05, 0.1) is 28.0 Å². The van der Waals surface area contributed by atoms with E-state index in [0.717, 1.165) is 30.5 Å². The molecule has 2 aliphatic heterocycles. The van der Waals surface area contributed by atoms with Gasteiger partial charge in [0.25, 0.3) is 5.91 Å². The second kappa shape index (κ2) is 10.7. The van der Waals surface area contributed by atoms with Crippen LogP contribution in [-0.2, 0) is 38.7 Å². The number of amides is 1. The first-order chi connectivity index (χ1) is 17.2. The van der Waals surface area contributed by atoms with E-state index in [0.29, 0.717) is 44.8 Å². The highest BCUT2D eigenvalue weighted by atomic mass is 32.2. The summed E-state index contributed by atoms with van der Waals surface area (Å²) in [6, 6.07) is 5.96. The lowest BCUT2D eigenvalue weighted by molar-refractivity contribution is 0.0160. The Morgan fingerprint density at radius 2 is 2.03 bits per heavy atom. The third-order valence-electron chi connectivity index (χ3n) is 7.19. The highest BCUT2D eigenvalue weighted by Gasteiger charge is 2.39. The van der Waals surface area contributed by atoms with E-state index in [2.05, 4.69) is 5.32 Å². The van der Waals surface area contributed by atoms with Crippen molar-refractivity contribution >= 4 is 21.7 Å². The first kappa shape index (κ1) is 26.3. The molecule has 1 amide bonds. The normalized spacial score (nSPS) is 17.5. The fourth-order valence-corrected chi connectivity index (χ4v) is 6.03. The van der Waals surface area contributed by atoms with Crippen LogP contribution in [0.2, 0.25) is 0 Å². The second-order valence-electron chi connectivity index (χ2n) is 9.92. The SMILES string of the molecule is CCn1nc(CCCOC(=O)c2cccc(S(=O)(=O)C(C)C)c2)c2c1C(=O)NCC1(CCOCC1)C2. The van der Waals surface area contributed by atoms with E-state index in [9.17, 15) is 18.0 Å². The van der Waals surface area contributed by atoms with Gasteiger partial charge in [0.1, 0.15) is 5.69 Å². The lowest BCUT2D eigenvalue weighted by Crippen LogP contribution is -2.40. The summed E-state index contributed by atoms with van der Waals surface area (Å²) in [6.45, 7) is 7.96. The molecule has 0 atom stereocenters. The zero-order chi connectivity index (χ0) is 25.9. The lowest BCUT2D eigenvalue weighted by atomic mass is 9.75. The number of nitrogens with zero attached hydrogens (tertiary/aromatic N) is 2. The average Bonchev–Trinajstić information content (AvgIpc) is 3.15. The van der Waals surface area contributed by atoms with Crippen molar-refractivity contribution in [3.63, 3.8) is 0 Å². The van der Waals surface area contributed by atoms with E-state index in [-0.39, 0.29) is 28.4 Å². The topological polar surface area (TPSA) is 117 Å². The molecule has 0 aliphatic carbocycles. The van der Waals surface area contributed by atoms with E-state index in [1.807, 2.05) is 6.92 Å². The number of sulfone groups is 1. The van der Waals surface area contributed by atoms with Crippen molar-refractivity contribution in [3.05, 3.63) is 46.8 Å². The molecule has 2 aliphatic rings. The van der Waals surface area contributed by atoms with Gasteiger partial charge in [0.15, 0.2) is 9.84 Å². The Hall–Kier alpha value is -2.72. The monoisotopic (exact) mass is 517 g/mol. The highest BCUT2D eigenvalue weighted by molar-refractivity contribution is 7.92. The van der Waals surface area contributed by atoms with Crippen LogP contribution >= 0.6 is 0 Å². The number of hydrogen-bond acceptors (Lipinski definition) is 7. The molecular weight excluding hydrogens is 482 g/mol. The van der Waals surface area contributed by atoms with E-state index in [4.69, 9.17) is 14.6 Å². The van der Waals surface area contributed by atoms with Crippen molar-refractivity contribution in [2.24, 2.45) is 5.41 Å². The minimum absolute atomic E-state index is 0.0245. The van der Waals surface area contributed by atoms with Crippen molar-refractivity contribution in [3.8, 4) is 0 Å². The largest absolute Gasteiger partial charge is 0.462 e. The fraction of sp³-hybridized carbons (Fsp3) is 0.577. The van der Waals surface area contributed by atoms with Crippen molar-refractivity contribution in [1.29, 1.82) is 0 Å². The van der Waals surface area contributed by atoms with Crippen molar-refractivity contribution in [2.45, 2.75) is 69.6 Å². The summed E-state index contributed by atoms with van der Waals surface area (Å²) in [5.74, 6) is -0.647. The minimum Gasteiger partial charge on any atom is -0.462 e. The molecule has 4 rings (SSSR count). The lowest BCUT2D eigenvalue weighted by Gasteiger charge is -2.36. The Morgan fingerprint density at radius 1 is 1.28 bits per heavy atom. The maximum atomic E-state index is 12.9. The standard InChI is InChI=1S/C26H35N3O6S/c1-4-29-23-21(16-26(17-27-24(23)30)10-13-34-14-11-26)22(28-29)9-6-12-35-25(31)19-7-5-8-20(15-19)36(32,33)18(2)3/h5,7-8,15,18H,4,6,9-14,16-17H2,1-3H3,(H,27,30). The third kappa shape index (κ3) is 5.34. The zero-order valence-electron chi connectivity index (χ0n) is 21.2. The molecule has 1 spiro atoms. The second-order valence-corrected chi connectivity index (χ2v) is 12.4. The highest BCUT2D eigenvalue weighted by Crippen LogP contribution is 2.37. The van der Waals surface area contributed by atoms with Crippen LogP contribution in [0, 0.1) is 5.41 Å². The summed E-state index contributed by atoms with van der Waals surface area (Å²) in [5, 5.41) is 7.25. The van der Waals surface area contributed by atoms with Crippen LogP contribution in [-0.4, -0.2) is 61.7 Å². The van der Waals surface area contributed by atoms with Crippen molar-refractivity contribution < 1.29 is 27.5 Å². The number of nitrogens with one attached hydrogen (secondary N) is 1. The summed E-state index contributed by atoms with van der Waals surface area (Å²) in [7, 11) is -3.48. The molecule has 2 aromatic rings. The quantitative estimate of drug-likeness (QED) is 0.423. The van der Waals surface area contributed by atoms with E-state index >= 15 is 0 Å². The molecule has 1 aromatic carbocycles. The van der Waals surface area contributed by atoms with E-state index in [1.165, 1.54) is 12.1 Å². The number of esters is 1. The number of ether oxygens (including phenoxy) is 2. The summed E-state index contributed by atoms with van der Waals surface area (Å²) in [4.78, 5) is 25.6. The van der Waals surface area contributed by atoms with Crippen molar-refractivity contribution in [1.82, 2.24) is 15.1 Å². The molecule has 10 heteroatoms. The Morgan fingerprint density at radius 3 is 2.72 bits per heavy atom. The first-order valence-corrected chi connectivity index (χ1v) is 14.2. The summed E-state index contributed by atoms with van der Waals surface area (Å²) in [6.07, 6.45) is 3.68. The number of fused-ring (bicyclic) bond motifs is 1. The maximum absolute atomic E-state index is 12.9. The summed E-state index contributed by atoms with van der Waals surface area (Å²) in [5.41, 5.74) is 2.68. The molecule has 3 heterocycles. The first-order valence-electron chi connectivity index (χ1n) is 12.6. The van der Waals surface area contributed by atoms with Crippen LogP contribution in [0.5, 0.6) is 0 Å². The number of carbonyl (C=O) groups excluding carboxylic acids is 2.